The van der Waals surface area contributed by atoms with Crippen LogP contribution in [0.1, 0.15) is 28.9 Å². The van der Waals surface area contributed by atoms with Gasteiger partial charge in [-0.15, -0.1) is 4.40 Å². The third-order valence-corrected chi connectivity index (χ3v) is 8.85. The van der Waals surface area contributed by atoms with Crippen molar-refractivity contribution in [1.82, 2.24) is 4.90 Å². The summed E-state index contributed by atoms with van der Waals surface area (Å²) in [5, 5.41) is 0.415. The molecule has 0 bridgehead atoms. The van der Waals surface area contributed by atoms with Gasteiger partial charge in [-0.2, -0.15) is 0 Å². The number of hydrogen-bond donors (Lipinski definition) is 0. The van der Waals surface area contributed by atoms with Crippen molar-refractivity contribution in [3.05, 3.63) is 53.6 Å². The lowest BCUT2D eigenvalue weighted by molar-refractivity contribution is 0.0742. The summed E-state index contributed by atoms with van der Waals surface area (Å²) in [5.74, 6) is -0.224. The summed E-state index contributed by atoms with van der Waals surface area (Å²) in [4.78, 5) is 17.5. The largest absolute Gasteiger partial charge is 0.335 e. The molecule has 2 aliphatic heterocycles. The second kappa shape index (κ2) is 7.64. The molecule has 2 aromatic carbocycles. The predicted molar refractivity (Wildman–Crippen MR) is 121 cm³/mol. The molecule has 2 heterocycles. The topological polar surface area (TPSA) is 104 Å². The average molecular weight is 480 g/mol. The quantitative estimate of drug-likeness (QED) is 0.664. The number of thioether (sulfide) groups is 1. The van der Waals surface area contributed by atoms with E-state index in [1.165, 1.54) is 23.9 Å². The number of amidine groups is 1. The maximum absolute atomic E-state index is 13.1. The van der Waals surface area contributed by atoms with Gasteiger partial charge in [-0.25, -0.2) is 16.8 Å². The Morgan fingerprint density at radius 2 is 1.87 bits per heavy atom. The lowest BCUT2D eigenvalue weighted by Gasteiger charge is -2.26. The molecular formula is C20H21N3O5S3. The molecule has 1 amide bonds. The predicted octanol–water partition coefficient (Wildman–Crippen LogP) is 2.53. The summed E-state index contributed by atoms with van der Waals surface area (Å²) >= 11 is 1.24. The standard InChI is InChI=1S/C20H21N3O5S3/c1-13(14-4-7-16(8-5-14)30(3,25)26)22(2)19(24)15-6-9-17-18(12-15)29-20-21-31(27,28)11-10-23(17)20/h4-9,12-13H,10-11H2,1-3H3. The Morgan fingerprint density at radius 1 is 1.19 bits per heavy atom. The normalized spacial score (nSPS) is 18.0. The van der Waals surface area contributed by atoms with Crippen molar-refractivity contribution in [2.24, 2.45) is 4.40 Å². The Bertz CT molecular complexity index is 1300. The van der Waals surface area contributed by atoms with Crippen molar-refractivity contribution in [2.45, 2.75) is 22.8 Å². The van der Waals surface area contributed by atoms with Crippen LogP contribution in [0.2, 0.25) is 0 Å². The molecule has 0 aromatic heterocycles. The first-order valence-electron chi connectivity index (χ1n) is 9.45. The second-order valence-corrected chi connectivity index (χ2v) is 12.3. The molecule has 0 N–H and O–H groups in total. The number of amides is 1. The van der Waals surface area contributed by atoms with Gasteiger partial charge in [0.2, 0.25) is 0 Å². The summed E-state index contributed by atoms with van der Waals surface area (Å²) < 4.78 is 50.7. The number of benzene rings is 2. The van der Waals surface area contributed by atoms with Crippen LogP contribution in [0.25, 0.3) is 0 Å². The molecule has 1 atom stereocenters. The minimum atomic E-state index is -3.44. The zero-order chi connectivity index (χ0) is 22.6. The van der Waals surface area contributed by atoms with Gasteiger partial charge in [-0.05, 0) is 54.6 Å². The molecule has 0 fully saturated rings. The Labute approximate surface area is 185 Å². The molecule has 164 valence electrons. The number of sulfonamides is 1. The van der Waals surface area contributed by atoms with Crippen LogP contribution in [-0.4, -0.2) is 58.4 Å². The summed E-state index contributed by atoms with van der Waals surface area (Å²) in [6, 6.07) is 11.5. The second-order valence-electron chi connectivity index (χ2n) is 7.53. The highest BCUT2D eigenvalue weighted by Gasteiger charge is 2.33. The molecule has 1 unspecified atom stereocenters. The zero-order valence-electron chi connectivity index (χ0n) is 17.1. The fraction of sp³-hybridized carbons (Fsp3) is 0.300. The van der Waals surface area contributed by atoms with E-state index in [9.17, 15) is 21.6 Å². The first kappa shape index (κ1) is 21.8. The fourth-order valence-corrected chi connectivity index (χ4v) is 6.39. The summed E-state index contributed by atoms with van der Waals surface area (Å²) in [6.07, 6.45) is 1.15. The number of nitrogens with zero attached hydrogens (tertiary/aromatic N) is 3. The molecule has 0 spiro atoms. The van der Waals surface area contributed by atoms with Gasteiger partial charge >= 0.3 is 0 Å². The molecule has 4 rings (SSSR count). The lowest BCUT2D eigenvalue weighted by atomic mass is 10.1. The van der Waals surface area contributed by atoms with E-state index < -0.39 is 19.9 Å². The van der Waals surface area contributed by atoms with Gasteiger partial charge in [-0.3, -0.25) is 4.79 Å². The number of carbonyl (C=O) groups excluding carboxylic acids is 1. The maximum atomic E-state index is 13.1. The smallest absolute Gasteiger partial charge is 0.257 e. The van der Waals surface area contributed by atoms with E-state index in [0.29, 0.717) is 17.3 Å². The number of sulfone groups is 1. The van der Waals surface area contributed by atoms with Gasteiger partial charge in [0, 0.05) is 30.3 Å². The molecule has 0 saturated heterocycles. The van der Waals surface area contributed by atoms with Crippen LogP contribution in [0.5, 0.6) is 0 Å². The van der Waals surface area contributed by atoms with E-state index in [-0.39, 0.29) is 22.6 Å². The van der Waals surface area contributed by atoms with E-state index in [2.05, 4.69) is 4.40 Å². The van der Waals surface area contributed by atoms with Gasteiger partial charge in [0.25, 0.3) is 15.9 Å². The average Bonchev–Trinajstić information content (AvgIpc) is 3.06. The van der Waals surface area contributed by atoms with Crippen molar-refractivity contribution >= 4 is 48.4 Å². The van der Waals surface area contributed by atoms with Crippen molar-refractivity contribution in [2.75, 3.05) is 30.5 Å². The molecule has 2 aliphatic rings. The molecular weight excluding hydrogens is 458 g/mol. The van der Waals surface area contributed by atoms with Crippen LogP contribution < -0.4 is 4.90 Å². The molecule has 8 nitrogen and oxygen atoms in total. The van der Waals surface area contributed by atoms with Crippen LogP contribution in [0.15, 0.2) is 56.7 Å². The number of carbonyl (C=O) groups is 1. The number of rotatable bonds is 4. The Morgan fingerprint density at radius 3 is 2.52 bits per heavy atom. The molecule has 11 heteroatoms. The van der Waals surface area contributed by atoms with Gasteiger partial charge in [0.15, 0.2) is 15.0 Å². The van der Waals surface area contributed by atoms with Gasteiger partial charge in [0.05, 0.1) is 22.4 Å². The van der Waals surface area contributed by atoms with Gasteiger partial charge in [-0.1, -0.05) is 12.1 Å². The zero-order valence-corrected chi connectivity index (χ0v) is 19.6. The van der Waals surface area contributed by atoms with Crippen LogP contribution in [0, 0.1) is 0 Å². The first-order chi connectivity index (χ1) is 14.5. The molecule has 2 aromatic rings. The van der Waals surface area contributed by atoms with Crippen LogP contribution in [-0.2, 0) is 19.9 Å². The van der Waals surface area contributed by atoms with Crippen LogP contribution in [0.4, 0.5) is 5.69 Å². The number of fused-ring (bicyclic) bond motifs is 3. The van der Waals surface area contributed by atoms with Gasteiger partial charge < -0.3 is 9.80 Å². The molecule has 0 saturated carbocycles. The lowest BCUT2D eigenvalue weighted by Crippen LogP contribution is -2.35. The van der Waals surface area contributed by atoms with E-state index in [4.69, 9.17) is 0 Å². The SMILES string of the molecule is CC(c1ccc(S(C)(=O)=O)cc1)N(C)C(=O)c1ccc2c(c1)SC1=NS(=O)(=O)CCN12. The highest BCUT2D eigenvalue weighted by Crippen LogP contribution is 2.42. The molecule has 31 heavy (non-hydrogen) atoms. The maximum Gasteiger partial charge on any atom is 0.257 e. The van der Waals surface area contributed by atoms with Crippen molar-refractivity contribution in [1.29, 1.82) is 0 Å². The molecule has 0 radical (unpaired) electrons. The molecule has 0 aliphatic carbocycles. The van der Waals surface area contributed by atoms with Crippen LogP contribution in [0.3, 0.4) is 0 Å². The minimum Gasteiger partial charge on any atom is -0.335 e. The monoisotopic (exact) mass is 479 g/mol. The third-order valence-electron chi connectivity index (χ3n) is 5.41. The summed E-state index contributed by atoms with van der Waals surface area (Å²) in [5.41, 5.74) is 2.15. The number of anilines is 1. The first-order valence-corrected chi connectivity index (χ1v) is 13.8. The summed E-state index contributed by atoms with van der Waals surface area (Å²) in [6.45, 7) is 2.21. The highest BCUT2D eigenvalue weighted by atomic mass is 32.2. The van der Waals surface area contributed by atoms with Crippen molar-refractivity contribution in [3.8, 4) is 0 Å². The van der Waals surface area contributed by atoms with Crippen molar-refractivity contribution in [3.63, 3.8) is 0 Å². The Hall–Kier alpha value is -2.37. The number of hydrogen-bond acceptors (Lipinski definition) is 7. The van der Waals surface area contributed by atoms with E-state index in [1.54, 1.807) is 36.2 Å². The van der Waals surface area contributed by atoms with E-state index in [0.717, 1.165) is 22.4 Å². The third kappa shape index (κ3) is 4.21. The minimum absolute atomic E-state index is 0.0322. The van der Waals surface area contributed by atoms with Crippen molar-refractivity contribution < 1.29 is 21.6 Å². The highest BCUT2D eigenvalue weighted by molar-refractivity contribution is 8.15. The van der Waals surface area contributed by atoms with Gasteiger partial charge in [0.1, 0.15) is 0 Å². The Balaban J connectivity index is 1.55. The van der Waals surface area contributed by atoms with E-state index >= 15 is 0 Å². The summed E-state index contributed by atoms with van der Waals surface area (Å²) in [7, 11) is -5.03. The van der Waals surface area contributed by atoms with E-state index in [1.807, 2.05) is 17.9 Å². The van der Waals surface area contributed by atoms with Crippen LogP contribution >= 0.6 is 11.8 Å². The Kier molecular flexibility index (Phi) is 5.39. The fourth-order valence-electron chi connectivity index (χ4n) is 3.46.